The number of benzene rings is 1. The average Bonchev–Trinajstić information content (AvgIpc) is 2.68. The molecule has 0 saturated carbocycles. The molecule has 0 aliphatic carbocycles. The molecular weight excluding hydrogens is 248 g/mol. The van der Waals surface area contributed by atoms with Gasteiger partial charge in [-0.1, -0.05) is 31.5 Å². The van der Waals surface area contributed by atoms with Crippen molar-refractivity contribution in [2.45, 2.75) is 41.2 Å². The first kappa shape index (κ1) is 14.7. The van der Waals surface area contributed by atoms with Crippen molar-refractivity contribution in [3.8, 4) is 5.69 Å². The summed E-state index contributed by atoms with van der Waals surface area (Å²) >= 11 is 0. The molecule has 4 nitrogen and oxygen atoms in total. The lowest BCUT2D eigenvalue weighted by atomic mass is 10.1. The van der Waals surface area contributed by atoms with Crippen LogP contribution in [0.4, 0.5) is 0 Å². The third-order valence-corrected chi connectivity index (χ3v) is 3.21. The van der Waals surface area contributed by atoms with Gasteiger partial charge in [0.05, 0.1) is 5.69 Å². The van der Waals surface area contributed by atoms with Crippen molar-refractivity contribution < 1.29 is 0 Å². The van der Waals surface area contributed by atoms with Crippen LogP contribution in [0, 0.1) is 26.7 Å². The summed E-state index contributed by atoms with van der Waals surface area (Å²) in [6.45, 7) is 12.3. The topological polar surface area (TPSA) is 42.7 Å². The van der Waals surface area contributed by atoms with Crippen LogP contribution in [0.2, 0.25) is 0 Å². The van der Waals surface area contributed by atoms with Crippen LogP contribution >= 0.6 is 0 Å². The van der Waals surface area contributed by atoms with Crippen molar-refractivity contribution in [3.05, 3.63) is 41.0 Å². The molecule has 0 unspecified atom stereocenters. The molecular formula is C16H24N4. The molecule has 2 rings (SSSR count). The van der Waals surface area contributed by atoms with E-state index in [2.05, 4.69) is 54.4 Å². The molecule has 0 amide bonds. The minimum atomic E-state index is 0.651. The fourth-order valence-corrected chi connectivity index (χ4v) is 2.31. The second kappa shape index (κ2) is 6.18. The molecule has 0 atom stereocenters. The molecule has 2 aromatic rings. The Labute approximate surface area is 121 Å². The summed E-state index contributed by atoms with van der Waals surface area (Å²) in [7, 11) is 0. The van der Waals surface area contributed by atoms with Gasteiger partial charge in [0.15, 0.2) is 0 Å². The molecule has 0 aliphatic rings. The number of nitrogens with zero attached hydrogens (tertiary/aromatic N) is 3. The predicted octanol–water partition coefficient (Wildman–Crippen LogP) is 2.94. The van der Waals surface area contributed by atoms with E-state index in [4.69, 9.17) is 0 Å². The van der Waals surface area contributed by atoms with Gasteiger partial charge in [0, 0.05) is 6.54 Å². The van der Waals surface area contributed by atoms with Gasteiger partial charge in [0.25, 0.3) is 0 Å². The van der Waals surface area contributed by atoms with Crippen molar-refractivity contribution in [2.75, 3.05) is 6.54 Å². The number of aryl methyl sites for hydroxylation is 3. The van der Waals surface area contributed by atoms with Gasteiger partial charge >= 0.3 is 0 Å². The molecule has 0 saturated heterocycles. The number of hydrogen-bond donors (Lipinski definition) is 1. The highest BCUT2D eigenvalue weighted by Gasteiger charge is 2.10. The Balaban J connectivity index is 2.30. The molecule has 20 heavy (non-hydrogen) atoms. The molecule has 1 N–H and O–H groups in total. The van der Waals surface area contributed by atoms with Gasteiger partial charge < -0.3 is 5.32 Å². The van der Waals surface area contributed by atoms with E-state index in [-0.39, 0.29) is 0 Å². The van der Waals surface area contributed by atoms with Gasteiger partial charge in [-0.15, -0.1) is 0 Å². The summed E-state index contributed by atoms with van der Waals surface area (Å²) in [4.78, 5) is 4.39. The van der Waals surface area contributed by atoms with Gasteiger partial charge in [-0.25, -0.2) is 9.67 Å². The molecule has 1 aromatic carbocycles. The lowest BCUT2D eigenvalue weighted by Gasteiger charge is -2.13. The molecule has 108 valence electrons. The van der Waals surface area contributed by atoms with E-state index in [1.54, 1.807) is 0 Å². The Hall–Kier alpha value is -1.68. The zero-order chi connectivity index (χ0) is 14.7. The van der Waals surface area contributed by atoms with E-state index in [0.717, 1.165) is 30.4 Å². The maximum Gasteiger partial charge on any atom is 0.148 e. The van der Waals surface area contributed by atoms with Crippen molar-refractivity contribution in [2.24, 2.45) is 5.92 Å². The Morgan fingerprint density at radius 2 is 1.95 bits per heavy atom. The lowest BCUT2D eigenvalue weighted by molar-refractivity contribution is 0.551. The van der Waals surface area contributed by atoms with Crippen LogP contribution in [0.25, 0.3) is 5.69 Å². The minimum absolute atomic E-state index is 0.651. The molecule has 0 radical (unpaired) electrons. The number of nitrogens with one attached hydrogen (secondary N) is 1. The van der Waals surface area contributed by atoms with E-state index in [1.807, 2.05) is 18.5 Å². The fourth-order valence-electron chi connectivity index (χ4n) is 2.31. The molecule has 0 aliphatic heterocycles. The normalized spacial score (nSPS) is 11.3. The van der Waals surface area contributed by atoms with Crippen LogP contribution in [0.15, 0.2) is 18.2 Å². The van der Waals surface area contributed by atoms with Gasteiger partial charge in [0.1, 0.15) is 11.6 Å². The number of rotatable bonds is 5. The predicted molar refractivity (Wildman–Crippen MR) is 82.1 cm³/mol. The Kier molecular flexibility index (Phi) is 4.55. The zero-order valence-corrected chi connectivity index (χ0v) is 13.1. The highest BCUT2D eigenvalue weighted by atomic mass is 15.3. The second-order valence-corrected chi connectivity index (χ2v) is 5.77. The van der Waals surface area contributed by atoms with Gasteiger partial charge in [-0.2, -0.15) is 5.10 Å². The average molecular weight is 272 g/mol. The van der Waals surface area contributed by atoms with Crippen LogP contribution in [0.1, 0.15) is 36.6 Å². The lowest BCUT2D eigenvalue weighted by Crippen LogP contribution is -2.20. The van der Waals surface area contributed by atoms with Crippen molar-refractivity contribution in [3.63, 3.8) is 0 Å². The molecule has 0 fully saturated rings. The highest BCUT2D eigenvalue weighted by Crippen LogP contribution is 2.17. The summed E-state index contributed by atoms with van der Waals surface area (Å²) in [6, 6.07) is 6.47. The highest BCUT2D eigenvalue weighted by molar-refractivity contribution is 5.43. The molecule has 1 heterocycles. The van der Waals surface area contributed by atoms with Crippen LogP contribution < -0.4 is 5.32 Å². The number of hydrogen-bond acceptors (Lipinski definition) is 3. The van der Waals surface area contributed by atoms with Crippen LogP contribution in [-0.2, 0) is 6.54 Å². The first-order chi connectivity index (χ1) is 9.47. The van der Waals surface area contributed by atoms with Gasteiger partial charge in [-0.05, 0) is 44.9 Å². The van der Waals surface area contributed by atoms with E-state index in [0.29, 0.717) is 5.92 Å². The Morgan fingerprint density at radius 3 is 2.55 bits per heavy atom. The maximum absolute atomic E-state index is 4.49. The van der Waals surface area contributed by atoms with Crippen LogP contribution in [-0.4, -0.2) is 21.3 Å². The SMILES string of the molecule is Cc1ccc(-n2nc(C)nc2C)c(CNCC(C)C)c1. The summed E-state index contributed by atoms with van der Waals surface area (Å²) in [5, 5.41) is 7.99. The van der Waals surface area contributed by atoms with Crippen molar-refractivity contribution >= 4 is 0 Å². The zero-order valence-electron chi connectivity index (χ0n) is 13.1. The summed E-state index contributed by atoms with van der Waals surface area (Å²) < 4.78 is 1.93. The maximum atomic E-state index is 4.49. The minimum Gasteiger partial charge on any atom is -0.312 e. The quantitative estimate of drug-likeness (QED) is 0.910. The van der Waals surface area contributed by atoms with E-state index in [1.165, 1.54) is 11.1 Å². The molecule has 0 bridgehead atoms. The second-order valence-electron chi connectivity index (χ2n) is 5.77. The summed E-state index contributed by atoms with van der Waals surface area (Å²) in [6.07, 6.45) is 0. The Bertz CT molecular complexity index is 584. The smallest absolute Gasteiger partial charge is 0.148 e. The molecule has 0 spiro atoms. The standard InChI is InChI=1S/C16H24N4/c1-11(2)9-17-10-15-8-12(3)6-7-16(15)20-14(5)18-13(4)19-20/h6-8,11,17H,9-10H2,1-5H3. The van der Waals surface area contributed by atoms with Gasteiger partial charge in [-0.3, -0.25) is 0 Å². The van der Waals surface area contributed by atoms with E-state index < -0.39 is 0 Å². The van der Waals surface area contributed by atoms with E-state index in [9.17, 15) is 0 Å². The first-order valence-electron chi connectivity index (χ1n) is 7.18. The monoisotopic (exact) mass is 272 g/mol. The van der Waals surface area contributed by atoms with Crippen molar-refractivity contribution in [1.29, 1.82) is 0 Å². The first-order valence-corrected chi connectivity index (χ1v) is 7.18. The van der Waals surface area contributed by atoms with Gasteiger partial charge in [0.2, 0.25) is 0 Å². The third kappa shape index (κ3) is 3.45. The summed E-state index contributed by atoms with van der Waals surface area (Å²) in [5.74, 6) is 2.39. The molecule has 1 aromatic heterocycles. The number of aromatic nitrogens is 3. The van der Waals surface area contributed by atoms with Crippen molar-refractivity contribution in [1.82, 2.24) is 20.1 Å². The third-order valence-electron chi connectivity index (χ3n) is 3.21. The van der Waals surface area contributed by atoms with E-state index >= 15 is 0 Å². The fraction of sp³-hybridized carbons (Fsp3) is 0.500. The molecule has 4 heteroatoms. The largest absolute Gasteiger partial charge is 0.312 e. The summed E-state index contributed by atoms with van der Waals surface area (Å²) in [5.41, 5.74) is 3.65. The van der Waals surface area contributed by atoms with Crippen LogP contribution in [0.5, 0.6) is 0 Å². The Morgan fingerprint density at radius 1 is 1.20 bits per heavy atom. The van der Waals surface area contributed by atoms with Crippen LogP contribution in [0.3, 0.4) is 0 Å².